The smallest absolute Gasteiger partial charge is 0.123 e. The maximum atomic E-state index is 5.86. The zero-order valence-electron chi connectivity index (χ0n) is 11.4. The first-order valence-electron chi connectivity index (χ1n) is 6.59. The monoisotopic (exact) mass is 239 g/mol. The molecular weight excluding hydrogens is 214 g/mol. The Morgan fingerprint density at radius 1 is 1.35 bits per heavy atom. The van der Waals surface area contributed by atoms with Crippen LogP contribution < -0.4 is 5.32 Å². The fourth-order valence-electron chi connectivity index (χ4n) is 2.01. The van der Waals surface area contributed by atoms with Crippen molar-refractivity contribution in [2.75, 3.05) is 13.2 Å². The van der Waals surface area contributed by atoms with Crippen molar-refractivity contribution in [3.63, 3.8) is 0 Å². The van der Waals surface area contributed by atoms with Gasteiger partial charge in [-0.1, -0.05) is 20.8 Å². The van der Waals surface area contributed by atoms with Crippen LogP contribution in [0.3, 0.4) is 0 Å². The maximum absolute atomic E-state index is 5.86. The van der Waals surface area contributed by atoms with Crippen molar-refractivity contribution in [1.29, 1.82) is 0 Å². The Morgan fingerprint density at radius 2 is 2.12 bits per heavy atom. The van der Waals surface area contributed by atoms with E-state index in [1.54, 1.807) is 6.26 Å². The van der Waals surface area contributed by atoms with Crippen molar-refractivity contribution in [3.8, 4) is 0 Å². The second kappa shape index (κ2) is 7.51. The van der Waals surface area contributed by atoms with Crippen molar-refractivity contribution in [2.45, 2.75) is 46.3 Å². The molecule has 0 radical (unpaired) electrons. The molecule has 0 aliphatic rings. The minimum Gasteiger partial charge on any atom is -0.468 e. The van der Waals surface area contributed by atoms with Crippen LogP contribution in [0.15, 0.2) is 22.8 Å². The molecule has 1 heterocycles. The van der Waals surface area contributed by atoms with Crippen LogP contribution in [0.25, 0.3) is 0 Å². The van der Waals surface area contributed by atoms with Crippen LogP contribution in [0.4, 0.5) is 0 Å². The van der Waals surface area contributed by atoms with E-state index < -0.39 is 0 Å². The molecule has 1 aromatic heterocycles. The Labute approximate surface area is 105 Å². The Morgan fingerprint density at radius 3 is 2.59 bits per heavy atom. The van der Waals surface area contributed by atoms with Crippen LogP contribution >= 0.6 is 0 Å². The van der Waals surface area contributed by atoms with Crippen molar-refractivity contribution >= 4 is 0 Å². The third kappa shape index (κ3) is 4.17. The fourth-order valence-corrected chi connectivity index (χ4v) is 2.01. The molecule has 0 saturated carbocycles. The lowest BCUT2D eigenvalue weighted by Gasteiger charge is -2.29. The summed E-state index contributed by atoms with van der Waals surface area (Å²) in [4.78, 5) is 0. The van der Waals surface area contributed by atoms with Crippen LogP contribution in [0.2, 0.25) is 0 Å². The minimum atomic E-state index is 0.143. The molecule has 2 atom stereocenters. The van der Waals surface area contributed by atoms with Gasteiger partial charge >= 0.3 is 0 Å². The van der Waals surface area contributed by atoms with E-state index in [1.165, 1.54) is 0 Å². The molecule has 98 valence electrons. The molecule has 0 spiro atoms. The van der Waals surface area contributed by atoms with E-state index in [0.717, 1.165) is 25.3 Å². The molecule has 1 N–H and O–H groups in total. The predicted octanol–water partition coefficient (Wildman–Crippen LogP) is 3.38. The van der Waals surface area contributed by atoms with Gasteiger partial charge in [-0.05, 0) is 37.9 Å². The second-order valence-electron chi connectivity index (χ2n) is 4.61. The Kier molecular flexibility index (Phi) is 6.30. The van der Waals surface area contributed by atoms with E-state index >= 15 is 0 Å². The van der Waals surface area contributed by atoms with Gasteiger partial charge in [-0.3, -0.25) is 0 Å². The number of furan rings is 1. The summed E-state index contributed by atoms with van der Waals surface area (Å²) in [5.41, 5.74) is 0. The van der Waals surface area contributed by atoms with Gasteiger partial charge in [0.15, 0.2) is 0 Å². The van der Waals surface area contributed by atoms with Gasteiger partial charge in [0.25, 0.3) is 0 Å². The number of hydrogen-bond donors (Lipinski definition) is 1. The maximum Gasteiger partial charge on any atom is 0.123 e. The van der Waals surface area contributed by atoms with Gasteiger partial charge in [0, 0.05) is 6.61 Å². The van der Waals surface area contributed by atoms with Crippen molar-refractivity contribution in [1.82, 2.24) is 5.32 Å². The fraction of sp³-hybridized carbons (Fsp3) is 0.714. The first-order valence-corrected chi connectivity index (χ1v) is 6.59. The summed E-state index contributed by atoms with van der Waals surface area (Å²) in [5, 5.41) is 3.52. The quantitative estimate of drug-likeness (QED) is 0.755. The zero-order valence-corrected chi connectivity index (χ0v) is 11.4. The molecule has 3 nitrogen and oxygen atoms in total. The van der Waals surface area contributed by atoms with Crippen LogP contribution in [0.5, 0.6) is 0 Å². The topological polar surface area (TPSA) is 34.4 Å². The molecule has 2 unspecified atom stereocenters. The molecular formula is C14H25NO2. The zero-order chi connectivity index (χ0) is 12.7. The normalized spacial score (nSPS) is 15.1. The second-order valence-corrected chi connectivity index (χ2v) is 4.61. The average Bonchev–Trinajstić information content (AvgIpc) is 2.81. The largest absolute Gasteiger partial charge is 0.468 e. The van der Waals surface area contributed by atoms with Gasteiger partial charge in [-0.25, -0.2) is 0 Å². The van der Waals surface area contributed by atoms with E-state index in [-0.39, 0.29) is 12.1 Å². The summed E-state index contributed by atoms with van der Waals surface area (Å²) >= 11 is 0. The van der Waals surface area contributed by atoms with E-state index in [4.69, 9.17) is 9.15 Å². The SMILES string of the molecule is CCCNC(c1ccco1)C(OCC)C(C)C. The number of nitrogens with one attached hydrogen (secondary N) is 1. The average molecular weight is 239 g/mol. The number of ether oxygens (including phenoxy) is 1. The summed E-state index contributed by atoms with van der Waals surface area (Å²) in [6, 6.07) is 4.09. The highest BCUT2D eigenvalue weighted by Gasteiger charge is 2.27. The van der Waals surface area contributed by atoms with Gasteiger partial charge in [0.05, 0.1) is 18.4 Å². The van der Waals surface area contributed by atoms with E-state index in [1.807, 2.05) is 19.1 Å². The Hall–Kier alpha value is -0.800. The molecule has 1 aromatic rings. The molecule has 0 fully saturated rings. The molecule has 1 rings (SSSR count). The van der Waals surface area contributed by atoms with E-state index in [0.29, 0.717) is 5.92 Å². The van der Waals surface area contributed by atoms with Crippen molar-refractivity contribution in [3.05, 3.63) is 24.2 Å². The van der Waals surface area contributed by atoms with E-state index in [2.05, 4.69) is 26.1 Å². The molecule has 0 aromatic carbocycles. The van der Waals surface area contributed by atoms with Gasteiger partial charge in [-0.2, -0.15) is 0 Å². The van der Waals surface area contributed by atoms with Crippen LogP contribution in [-0.2, 0) is 4.74 Å². The van der Waals surface area contributed by atoms with Crippen molar-refractivity contribution in [2.24, 2.45) is 5.92 Å². The van der Waals surface area contributed by atoms with Crippen LogP contribution in [-0.4, -0.2) is 19.3 Å². The molecule has 0 bridgehead atoms. The first kappa shape index (κ1) is 14.3. The van der Waals surface area contributed by atoms with Crippen LogP contribution in [0, 0.1) is 5.92 Å². The third-order valence-electron chi connectivity index (χ3n) is 2.81. The Bertz CT molecular complexity index is 282. The summed E-state index contributed by atoms with van der Waals surface area (Å²) < 4.78 is 11.4. The minimum absolute atomic E-state index is 0.143. The number of rotatable bonds is 8. The lowest BCUT2D eigenvalue weighted by Crippen LogP contribution is -2.37. The third-order valence-corrected chi connectivity index (χ3v) is 2.81. The van der Waals surface area contributed by atoms with E-state index in [9.17, 15) is 0 Å². The molecule has 17 heavy (non-hydrogen) atoms. The highest BCUT2D eigenvalue weighted by Crippen LogP contribution is 2.25. The van der Waals surface area contributed by atoms with Gasteiger partial charge in [0.2, 0.25) is 0 Å². The van der Waals surface area contributed by atoms with Crippen LogP contribution in [0.1, 0.15) is 45.9 Å². The summed E-state index contributed by atoms with van der Waals surface area (Å²) in [6.45, 7) is 10.3. The summed E-state index contributed by atoms with van der Waals surface area (Å²) in [7, 11) is 0. The van der Waals surface area contributed by atoms with Crippen molar-refractivity contribution < 1.29 is 9.15 Å². The molecule has 3 heteroatoms. The summed E-state index contributed by atoms with van der Waals surface area (Å²) in [5.74, 6) is 1.42. The Balaban J connectivity index is 2.79. The lowest BCUT2D eigenvalue weighted by atomic mass is 9.97. The summed E-state index contributed by atoms with van der Waals surface area (Å²) in [6.07, 6.45) is 2.98. The highest BCUT2D eigenvalue weighted by molar-refractivity contribution is 5.07. The first-order chi connectivity index (χ1) is 8.20. The molecule has 0 amide bonds. The molecule has 0 aliphatic heterocycles. The lowest BCUT2D eigenvalue weighted by molar-refractivity contribution is -0.00220. The van der Waals surface area contributed by atoms with Gasteiger partial charge < -0.3 is 14.5 Å². The molecule has 0 saturated heterocycles. The number of hydrogen-bond acceptors (Lipinski definition) is 3. The van der Waals surface area contributed by atoms with Gasteiger partial charge in [-0.15, -0.1) is 0 Å². The molecule has 0 aliphatic carbocycles. The van der Waals surface area contributed by atoms with Gasteiger partial charge in [0.1, 0.15) is 5.76 Å². The predicted molar refractivity (Wildman–Crippen MR) is 70.0 cm³/mol. The highest BCUT2D eigenvalue weighted by atomic mass is 16.5. The standard InChI is InChI=1S/C14H25NO2/c1-5-9-15-13(12-8-7-10-17-12)14(11(3)4)16-6-2/h7-8,10-11,13-15H,5-6,9H2,1-4H3.